The van der Waals surface area contributed by atoms with Gasteiger partial charge in [0.05, 0.1) is 17.9 Å². The van der Waals surface area contributed by atoms with Crippen molar-refractivity contribution in [1.29, 1.82) is 0 Å². The number of aryl methyl sites for hydroxylation is 4. The van der Waals surface area contributed by atoms with Gasteiger partial charge in [-0.3, -0.25) is 4.40 Å². The number of fused-ring (bicyclic) bond motifs is 1. The number of nitrogens with zero attached hydrogens (tertiary/aromatic N) is 4. The predicted octanol–water partition coefficient (Wildman–Crippen LogP) is 3.03. The number of anilines is 1. The lowest BCUT2D eigenvalue weighted by molar-refractivity contribution is 0.954. The number of imidazole rings is 1. The Morgan fingerprint density at radius 3 is 2.70 bits per heavy atom. The van der Waals surface area contributed by atoms with Crippen molar-refractivity contribution in [2.24, 2.45) is 0 Å². The number of rotatable bonds is 3. The zero-order chi connectivity index (χ0) is 14.3. The molecule has 3 heterocycles. The molecule has 104 valence electrons. The molecule has 0 aliphatic rings. The number of aromatic nitrogens is 4. The van der Waals surface area contributed by atoms with E-state index in [0.29, 0.717) is 6.54 Å². The molecule has 0 bridgehead atoms. The molecule has 3 aromatic rings. The minimum atomic E-state index is 0.707. The topological polar surface area (TPSA) is 55.1 Å². The van der Waals surface area contributed by atoms with E-state index < -0.39 is 0 Å². The normalized spacial score (nSPS) is 11.2. The lowest BCUT2D eigenvalue weighted by Gasteiger charge is -2.07. The molecule has 0 saturated heterocycles. The Hall–Kier alpha value is -1.95. The summed E-state index contributed by atoms with van der Waals surface area (Å²) in [6, 6.07) is 1.96. The lowest BCUT2D eigenvalue weighted by Crippen LogP contribution is -2.06. The lowest BCUT2D eigenvalue weighted by atomic mass is 10.3. The van der Waals surface area contributed by atoms with Gasteiger partial charge in [-0.1, -0.05) is 0 Å². The first-order chi connectivity index (χ1) is 9.52. The third-order valence-corrected chi connectivity index (χ3v) is 4.04. The summed E-state index contributed by atoms with van der Waals surface area (Å²) in [5, 5.41) is 3.36. The maximum atomic E-state index is 4.59. The van der Waals surface area contributed by atoms with Gasteiger partial charge in [0, 0.05) is 22.8 Å². The highest BCUT2D eigenvalue weighted by Gasteiger charge is 2.11. The van der Waals surface area contributed by atoms with Crippen LogP contribution in [0.5, 0.6) is 0 Å². The van der Waals surface area contributed by atoms with Gasteiger partial charge in [-0.15, -0.1) is 11.3 Å². The molecule has 0 radical (unpaired) electrons. The zero-order valence-corrected chi connectivity index (χ0v) is 12.9. The van der Waals surface area contributed by atoms with E-state index in [4.69, 9.17) is 0 Å². The summed E-state index contributed by atoms with van der Waals surface area (Å²) < 4.78 is 2.16. The monoisotopic (exact) mass is 287 g/mol. The molecule has 0 fully saturated rings. The average Bonchev–Trinajstić information content (AvgIpc) is 2.81. The second-order valence-electron chi connectivity index (χ2n) is 4.93. The van der Waals surface area contributed by atoms with Gasteiger partial charge < -0.3 is 5.32 Å². The van der Waals surface area contributed by atoms with Gasteiger partial charge in [0.2, 0.25) is 0 Å². The fraction of sp³-hybridized carbons (Fsp3) is 0.357. The molecule has 0 spiro atoms. The highest BCUT2D eigenvalue weighted by atomic mass is 32.1. The summed E-state index contributed by atoms with van der Waals surface area (Å²) in [6.45, 7) is 8.73. The summed E-state index contributed by atoms with van der Waals surface area (Å²) in [5.74, 6) is 1.64. The van der Waals surface area contributed by atoms with Crippen molar-refractivity contribution in [2.45, 2.75) is 34.2 Å². The van der Waals surface area contributed by atoms with Gasteiger partial charge >= 0.3 is 0 Å². The van der Waals surface area contributed by atoms with Gasteiger partial charge in [0.1, 0.15) is 11.6 Å². The van der Waals surface area contributed by atoms with Crippen molar-refractivity contribution in [1.82, 2.24) is 19.4 Å². The molecule has 0 aromatic carbocycles. The molecule has 0 aliphatic heterocycles. The van der Waals surface area contributed by atoms with Crippen LogP contribution in [-0.4, -0.2) is 19.4 Å². The Morgan fingerprint density at radius 1 is 1.15 bits per heavy atom. The van der Waals surface area contributed by atoms with Gasteiger partial charge in [-0.25, -0.2) is 15.0 Å². The fourth-order valence-corrected chi connectivity index (χ4v) is 3.19. The van der Waals surface area contributed by atoms with E-state index in [1.165, 1.54) is 10.6 Å². The smallest absolute Gasteiger partial charge is 0.194 e. The molecular weight excluding hydrogens is 270 g/mol. The molecule has 1 N–H and O–H groups in total. The second-order valence-corrected chi connectivity index (χ2v) is 6.15. The van der Waals surface area contributed by atoms with Crippen LogP contribution in [0.3, 0.4) is 0 Å². The van der Waals surface area contributed by atoms with E-state index in [-0.39, 0.29) is 0 Å². The van der Waals surface area contributed by atoms with Crippen molar-refractivity contribution in [2.75, 3.05) is 5.32 Å². The largest absolute Gasteiger partial charge is 0.364 e. The average molecular weight is 287 g/mol. The van der Waals surface area contributed by atoms with Crippen LogP contribution in [0.2, 0.25) is 0 Å². The third kappa shape index (κ3) is 2.38. The van der Waals surface area contributed by atoms with Crippen LogP contribution in [0.15, 0.2) is 12.3 Å². The third-order valence-electron chi connectivity index (χ3n) is 3.14. The molecule has 0 unspecified atom stereocenters. The molecule has 6 heteroatoms. The highest BCUT2D eigenvalue weighted by molar-refractivity contribution is 7.17. The Bertz CT molecular complexity index is 751. The Balaban J connectivity index is 1.87. The number of hydrogen-bond acceptors (Lipinski definition) is 5. The first-order valence-electron chi connectivity index (χ1n) is 6.53. The van der Waals surface area contributed by atoms with Gasteiger partial charge in [0.25, 0.3) is 0 Å². The molecule has 3 rings (SSSR count). The van der Waals surface area contributed by atoms with E-state index in [9.17, 15) is 0 Å². The first kappa shape index (κ1) is 13.1. The molecule has 3 aromatic heterocycles. The van der Waals surface area contributed by atoms with Gasteiger partial charge in [0.15, 0.2) is 4.96 Å². The summed E-state index contributed by atoms with van der Waals surface area (Å²) in [5.41, 5.74) is 3.21. The number of thiazole rings is 1. The Kier molecular flexibility index (Phi) is 3.17. The Labute approximate surface area is 121 Å². The summed E-state index contributed by atoms with van der Waals surface area (Å²) in [6.07, 6.45) is 2.13. The maximum Gasteiger partial charge on any atom is 0.194 e. The molecular formula is C14H17N5S. The van der Waals surface area contributed by atoms with E-state index in [1.807, 2.05) is 26.8 Å². The van der Waals surface area contributed by atoms with Crippen molar-refractivity contribution in [3.05, 3.63) is 40.0 Å². The molecule has 5 nitrogen and oxygen atoms in total. The summed E-state index contributed by atoms with van der Waals surface area (Å²) >= 11 is 1.71. The van der Waals surface area contributed by atoms with Crippen molar-refractivity contribution < 1.29 is 0 Å². The standard InChI is InChI=1S/C14H17N5S/c1-8-5-13(18-11(4)16-8)15-6-12-10(3)17-14-19(12)7-9(2)20-14/h5,7H,6H2,1-4H3,(H,15,16,18). The number of hydrogen-bond donors (Lipinski definition) is 1. The SMILES string of the molecule is Cc1cc(NCc2c(C)nc3sc(C)cn23)nc(C)n1. The van der Waals surface area contributed by atoms with Crippen molar-refractivity contribution in [3.8, 4) is 0 Å². The number of nitrogens with one attached hydrogen (secondary N) is 1. The minimum Gasteiger partial charge on any atom is -0.364 e. The first-order valence-corrected chi connectivity index (χ1v) is 7.34. The second kappa shape index (κ2) is 4.86. The fourth-order valence-electron chi connectivity index (χ4n) is 2.30. The van der Waals surface area contributed by atoms with Crippen LogP contribution in [0, 0.1) is 27.7 Å². The van der Waals surface area contributed by atoms with Crippen LogP contribution in [-0.2, 0) is 6.54 Å². The van der Waals surface area contributed by atoms with Crippen molar-refractivity contribution in [3.63, 3.8) is 0 Å². The molecule has 20 heavy (non-hydrogen) atoms. The van der Waals surface area contributed by atoms with Crippen LogP contribution in [0.4, 0.5) is 5.82 Å². The summed E-state index contributed by atoms with van der Waals surface area (Å²) in [4.78, 5) is 15.6. The summed E-state index contributed by atoms with van der Waals surface area (Å²) in [7, 11) is 0. The molecule has 0 aliphatic carbocycles. The maximum absolute atomic E-state index is 4.59. The van der Waals surface area contributed by atoms with E-state index in [0.717, 1.165) is 28.0 Å². The van der Waals surface area contributed by atoms with E-state index in [2.05, 4.69) is 37.8 Å². The van der Waals surface area contributed by atoms with Crippen LogP contribution in [0.1, 0.15) is 27.8 Å². The predicted molar refractivity (Wildman–Crippen MR) is 81.4 cm³/mol. The van der Waals surface area contributed by atoms with Crippen LogP contribution >= 0.6 is 11.3 Å². The van der Waals surface area contributed by atoms with Gasteiger partial charge in [-0.05, 0) is 27.7 Å². The van der Waals surface area contributed by atoms with Crippen LogP contribution < -0.4 is 5.32 Å². The van der Waals surface area contributed by atoms with Crippen LogP contribution in [0.25, 0.3) is 4.96 Å². The minimum absolute atomic E-state index is 0.707. The van der Waals surface area contributed by atoms with E-state index in [1.54, 1.807) is 11.3 Å². The van der Waals surface area contributed by atoms with Gasteiger partial charge in [-0.2, -0.15) is 0 Å². The van der Waals surface area contributed by atoms with Crippen molar-refractivity contribution >= 4 is 22.1 Å². The zero-order valence-electron chi connectivity index (χ0n) is 12.1. The quantitative estimate of drug-likeness (QED) is 0.804. The molecule has 0 atom stereocenters. The van der Waals surface area contributed by atoms with E-state index >= 15 is 0 Å². The highest BCUT2D eigenvalue weighted by Crippen LogP contribution is 2.21. The molecule has 0 amide bonds. The molecule has 0 saturated carbocycles. The Morgan fingerprint density at radius 2 is 1.95 bits per heavy atom.